The molecular formula is C44H51N7O8S. The summed E-state index contributed by atoms with van der Waals surface area (Å²) in [5, 5.41) is 25.9. The molecule has 0 saturated carbocycles. The Morgan fingerprint density at radius 3 is 2.65 bits per heavy atom. The van der Waals surface area contributed by atoms with Crippen LogP contribution in [0.4, 0.5) is 17.1 Å². The number of carbonyl (C=O) groups excluding carboxylic acids is 1. The van der Waals surface area contributed by atoms with Gasteiger partial charge in [0, 0.05) is 93.9 Å². The Morgan fingerprint density at radius 1 is 1.05 bits per heavy atom. The van der Waals surface area contributed by atoms with E-state index in [1.165, 1.54) is 35.0 Å². The molecule has 4 N–H and O–H groups in total. The molecule has 2 saturated heterocycles. The van der Waals surface area contributed by atoms with Crippen LogP contribution in [0.15, 0.2) is 84.0 Å². The topological polar surface area (TPSA) is 192 Å². The molecule has 8 rings (SSSR count). The van der Waals surface area contributed by atoms with E-state index in [1.807, 2.05) is 6.07 Å². The Kier molecular flexibility index (Phi) is 12.3. The largest absolute Gasteiger partial charge is 0.455 e. The highest BCUT2D eigenvalue weighted by molar-refractivity contribution is 7.90. The number of fused-ring (bicyclic) bond motifs is 2. The number of nitrogens with one attached hydrogen (secondary N) is 3. The number of carbonyl (C=O) groups is 1. The standard InChI is InChI=1S/C44H51N7O8S/c1-29(28-52)35-6-4-7-37-36(35)5-2-3-8-40(37)50-19-17-49(18-20-50)32-9-11-38(42(24-32)59-33-23-31-13-16-45-43(31)47-27-33)44(53)48-60(56,57)34-10-12-39(41(25-34)51(54)55)46-26-30-14-21-58-22-15-30/h4,6-7,9-13,16,23-25,27,29-30,40,46,52H,2-3,5,8,14-15,17-22,26,28H2,1H3,(H,45,47)(H,48,53). The molecule has 3 aliphatic rings. The van der Waals surface area contributed by atoms with Crippen molar-refractivity contribution in [1.29, 1.82) is 0 Å². The Morgan fingerprint density at radius 2 is 1.87 bits per heavy atom. The predicted molar refractivity (Wildman–Crippen MR) is 228 cm³/mol. The van der Waals surface area contributed by atoms with Gasteiger partial charge >= 0.3 is 0 Å². The highest BCUT2D eigenvalue weighted by atomic mass is 32.2. The summed E-state index contributed by atoms with van der Waals surface area (Å²) < 4.78 is 41.2. The lowest BCUT2D eigenvalue weighted by Crippen LogP contribution is -2.47. The number of aliphatic hydroxyl groups is 1. The molecule has 1 amide bonds. The van der Waals surface area contributed by atoms with Gasteiger partial charge in [-0.1, -0.05) is 31.5 Å². The van der Waals surface area contributed by atoms with Gasteiger partial charge in [0.25, 0.3) is 21.6 Å². The number of aliphatic hydroxyl groups excluding tert-OH is 1. The Balaban J connectivity index is 1.02. The first kappa shape index (κ1) is 41.2. The quantitative estimate of drug-likeness (QED) is 0.0546. The Hall–Kier alpha value is -5.55. The number of aromatic amines is 1. The van der Waals surface area contributed by atoms with Crippen LogP contribution in [0.5, 0.6) is 11.5 Å². The molecule has 15 nitrogen and oxygen atoms in total. The van der Waals surface area contributed by atoms with Crippen molar-refractivity contribution in [2.75, 3.05) is 62.8 Å². The number of sulfonamides is 1. The average molecular weight is 838 g/mol. The molecule has 0 bridgehead atoms. The smallest absolute Gasteiger partial charge is 0.293 e. The molecule has 2 atom stereocenters. The summed E-state index contributed by atoms with van der Waals surface area (Å²) >= 11 is 0. The lowest BCUT2D eigenvalue weighted by atomic mass is 9.88. The third-order valence-corrected chi connectivity index (χ3v) is 13.5. The van der Waals surface area contributed by atoms with Crippen molar-refractivity contribution in [2.24, 2.45) is 5.92 Å². The number of aromatic nitrogens is 2. The summed E-state index contributed by atoms with van der Waals surface area (Å²) in [5.74, 6) is -0.123. The Bertz CT molecular complexity index is 2460. The molecule has 3 aromatic carbocycles. The van der Waals surface area contributed by atoms with Gasteiger partial charge in [-0.3, -0.25) is 19.8 Å². The third kappa shape index (κ3) is 8.96. The fraction of sp³-hybridized carbons (Fsp3) is 0.409. The van der Waals surface area contributed by atoms with E-state index in [0.29, 0.717) is 44.2 Å². The van der Waals surface area contributed by atoms with E-state index in [4.69, 9.17) is 9.47 Å². The normalized spacial score (nSPS) is 18.4. The number of amides is 1. The second kappa shape index (κ2) is 18.0. The fourth-order valence-electron chi connectivity index (χ4n) is 8.75. The van der Waals surface area contributed by atoms with Crippen molar-refractivity contribution >= 4 is 44.0 Å². The number of nitrogens with zero attached hydrogens (tertiary/aromatic N) is 4. The minimum Gasteiger partial charge on any atom is -0.455 e. The maximum atomic E-state index is 13.9. The van der Waals surface area contributed by atoms with Gasteiger partial charge in [0.05, 0.1) is 21.6 Å². The van der Waals surface area contributed by atoms with Crippen LogP contribution in [-0.2, 0) is 21.2 Å². The number of hydrogen-bond donors (Lipinski definition) is 4. The van der Waals surface area contributed by atoms with E-state index < -0.39 is 31.4 Å². The second-order valence-corrected chi connectivity index (χ2v) is 17.6. The van der Waals surface area contributed by atoms with Crippen LogP contribution in [0.3, 0.4) is 0 Å². The third-order valence-electron chi connectivity index (χ3n) is 12.1. The summed E-state index contributed by atoms with van der Waals surface area (Å²) in [6, 6.07) is 19.1. The van der Waals surface area contributed by atoms with Crippen LogP contribution >= 0.6 is 0 Å². The van der Waals surface area contributed by atoms with Gasteiger partial charge in [-0.05, 0) is 91.1 Å². The minimum atomic E-state index is -4.56. The minimum absolute atomic E-state index is 0.0395. The number of hydrogen-bond acceptors (Lipinski definition) is 12. The van der Waals surface area contributed by atoms with Gasteiger partial charge in [0.1, 0.15) is 22.8 Å². The van der Waals surface area contributed by atoms with Crippen molar-refractivity contribution in [3.05, 3.63) is 111 Å². The van der Waals surface area contributed by atoms with E-state index in [9.17, 15) is 28.4 Å². The molecule has 2 aliphatic heterocycles. The number of nitro groups is 1. The zero-order valence-electron chi connectivity index (χ0n) is 33.6. The second-order valence-electron chi connectivity index (χ2n) is 16.0. The summed E-state index contributed by atoms with van der Waals surface area (Å²) in [6.45, 7) is 6.98. The molecule has 2 fully saturated rings. The summed E-state index contributed by atoms with van der Waals surface area (Å²) in [5.41, 5.74) is 5.18. The number of H-pyrrole nitrogens is 1. The lowest BCUT2D eigenvalue weighted by Gasteiger charge is -2.41. The van der Waals surface area contributed by atoms with E-state index in [-0.39, 0.29) is 41.5 Å². The summed E-state index contributed by atoms with van der Waals surface area (Å²) in [4.78, 5) is 37.2. The van der Waals surface area contributed by atoms with Crippen LogP contribution in [-0.4, -0.2) is 91.8 Å². The molecule has 1 aliphatic carbocycles. The first-order valence-electron chi connectivity index (χ1n) is 20.7. The lowest BCUT2D eigenvalue weighted by molar-refractivity contribution is -0.384. The number of nitro benzene ring substituents is 1. The summed E-state index contributed by atoms with van der Waals surface area (Å²) in [6.07, 6.45) is 9.26. The van der Waals surface area contributed by atoms with Crippen molar-refractivity contribution in [1.82, 2.24) is 19.6 Å². The first-order valence-corrected chi connectivity index (χ1v) is 22.2. The van der Waals surface area contributed by atoms with Gasteiger partial charge < -0.3 is 29.8 Å². The molecule has 2 aromatic heterocycles. The molecule has 4 heterocycles. The van der Waals surface area contributed by atoms with E-state index in [1.54, 1.807) is 30.5 Å². The van der Waals surface area contributed by atoms with E-state index >= 15 is 0 Å². The monoisotopic (exact) mass is 837 g/mol. The summed E-state index contributed by atoms with van der Waals surface area (Å²) in [7, 11) is -4.56. The van der Waals surface area contributed by atoms with Crippen LogP contribution < -0.4 is 19.7 Å². The van der Waals surface area contributed by atoms with Gasteiger partial charge in [-0.15, -0.1) is 0 Å². The van der Waals surface area contributed by atoms with Crippen LogP contribution in [0.25, 0.3) is 11.0 Å². The average Bonchev–Trinajstić information content (AvgIpc) is 3.63. The van der Waals surface area contributed by atoms with Gasteiger partial charge in [0.15, 0.2) is 0 Å². The highest BCUT2D eigenvalue weighted by Gasteiger charge is 2.31. The van der Waals surface area contributed by atoms with Gasteiger partial charge in [-0.2, -0.15) is 0 Å². The van der Waals surface area contributed by atoms with Gasteiger partial charge in [0.2, 0.25) is 0 Å². The maximum Gasteiger partial charge on any atom is 0.293 e. The number of piperazine rings is 1. The molecular weight excluding hydrogens is 787 g/mol. The van der Waals surface area contributed by atoms with Crippen molar-refractivity contribution < 1.29 is 32.7 Å². The van der Waals surface area contributed by atoms with Crippen LogP contribution in [0.2, 0.25) is 0 Å². The van der Waals surface area contributed by atoms with Crippen molar-refractivity contribution in [3.63, 3.8) is 0 Å². The zero-order valence-corrected chi connectivity index (χ0v) is 34.5. The molecule has 0 radical (unpaired) electrons. The van der Waals surface area contributed by atoms with Crippen LogP contribution in [0.1, 0.15) is 78.0 Å². The Labute approximate surface area is 349 Å². The maximum absolute atomic E-state index is 13.9. The number of rotatable bonds is 13. The molecule has 2 unspecified atom stereocenters. The molecule has 16 heteroatoms. The molecule has 5 aromatic rings. The van der Waals surface area contributed by atoms with Crippen molar-refractivity contribution in [3.8, 4) is 11.5 Å². The number of pyridine rings is 1. The zero-order chi connectivity index (χ0) is 41.8. The number of benzene rings is 3. The molecule has 316 valence electrons. The van der Waals surface area contributed by atoms with Gasteiger partial charge in [-0.25, -0.2) is 18.1 Å². The molecule has 0 spiro atoms. The highest BCUT2D eigenvalue weighted by Crippen LogP contribution is 2.39. The fourth-order valence-corrected chi connectivity index (χ4v) is 9.74. The first-order chi connectivity index (χ1) is 29.1. The predicted octanol–water partition coefficient (Wildman–Crippen LogP) is 6.91. The van der Waals surface area contributed by atoms with Crippen molar-refractivity contribution in [2.45, 2.75) is 62.3 Å². The van der Waals surface area contributed by atoms with E-state index in [2.05, 4.69) is 54.9 Å². The van der Waals surface area contributed by atoms with Crippen LogP contribution in [0, 0.1) is 16.0 Å². The number of ether oxygens (including phenoxy) is 2. The number of anilines is 2. The van der Waals surface area contributed by atoms with E-state index in [0.717, 1.165) is 68.8 Å². The molecule has 60 heavy (non-hydrogen) atoms. The SMILES string of the molecule is CC(CO)c1cccc2c1CCCCC2N1CCN(c2ccc(C(=O)NS(=O)(=O)c3ccc(NCC4CCOCC4)c([N+](=O)[O-])c3)c(Oc3cnc4[nH]ccc4c3)c2)CC1.